The summed E-state index contributed by atoms with van der Waals surface area (Å²) in [4.78, 5) is 4.61. The summed E-state index contributed by atoms with van der Waals surface area (Å²) in [6, 6.07) is 1.99. The number of hydrogen-bond acceptors (Lipinski definition) is 7. The second-order valence-electron chi connectivity index (χ2n) is 4.64. The van der Waals surface area contributed by atoms with E-state index in [1.165, 1.54) is 5.01 Å². The standard InChI is InChI=1S/C13H16N6S2/c1-9-5-11(13-17-15-8-19(13)18-9)14-4-3-10-6-21-12(16-10)7-20-2/h5-6,8,14H,3-4,7H2,1-2H3. The quantitative estimate of drug-likeness (QED) is 0.752. The van der Waals surface area contributed by atoms with Gasteiger partial charge < -0.3 is 5.32 Å². The number of nitrogens with one attached hydrogen (secondary N) is 1. The molecule has 0 unspecified atom stereocenters. The van der Waals surface area contributed by atoms with Crippen LogP contribution in [0.15, 0.2) is 17.8 Å². The van der Waals surface area contributed by atoms with Gasteiger partial charge in [0.1, 0.15) is 11.3 Å². The van der Waals surface area contributed by atoms with Crippen molar-refractivity contribution in [3.05, 3.63) is 34.2 Å². The number of thioether (sulfide) groups is 1. The van der Waals surface area contributed by atoms with Gasteiger partial charge in [-0.1, -0.05) is 0 Å². The van der Waals surface area contributed by atoms with Crippen LogP contribution in [0.25, 0.3) is 5.65 Å². The molecule has 3 rings (SSSR count). The van der Waals surface area contributed by atoms with Gasteiger partial charge in [-0.3, -0.25) is 0 Å². The van der Waals surface area contributed by atoms with Crippen molar-refractivity contribution in [3.8, 4) is 0 Å². The summed E-state index contributed by atoms with van der Waals surface area (Å²) < 4.78 is 1.69. The highest BCUT2D eigenvalue weighted by atomic mass is 32.2. The van der Waals surface area contributed by atoms with Gasteiger partial charge in [0, 0.05) is 24.1 Å². The van der Waals surface area contributed by atoms with Gasteiger partial charge in [-0.25, -0.2) is 4.98 Å². The first kappa shape index (κ1) is 14.3. The molecule has 3 heterocycles. The van der Waals surface area contributed by atoms with E-state index in [1.54, 1.807) is 33.9 Å². The van der Waals surface area contributed by atoms with Crippen molar-refractivity contribution in [3.63, 3.8) is 0 Å². The molecule has 0 fully saturated rings. The van der Waals surface area contributed by atoms with Crippen molar-refractivity contribution >= 4 is 34.4 Å². The zero-order valence-corrected chi connectivity index (χ0v) is 13.5. The first-order chi connectivity index (χ1) is 10.3. The first-order valence-corrected chi connectivity index (χ1v) is 8.87. The van der Waals surface area contributed by atoms with Crippen LogP contribution < -0.4 is 5.32 Å². The highest BCUT2D eigenvalue weighted by Crippen LogP contribution is 2.17. The molecule has 110 valence electrons. The Morgan fingerprint density at radius 3 is 3.19 bits per heavy atom. The molecule has 1 N–H and O–H groups in total. The Morgan fingerprint density at radius 1 is 1.43 bits per heavy atom. The largest absolute Gasteiger partial charge is 0.381 e. The fraction of sp³-hybridized carbons (Fsp3) is 0.385. The maximum atomic E-state index is 4.61. The molecule has 0 radical (unpaired) electrons. The molecule has 0 aromatic carbocycles. The Kier molecular flexibility index (Phi) is 4.35. The van der Waals surface area contributed by atoms with E-state index in [-0.39, 0.29) is 0 Å². The number of fused-ring (bicyclic) bond motifs is 1. The number of aryl methyl sites for hydroxylation is 1. The summed E-state index contributed by atoms with van der Waals surface area (Å²) in [7, 11) is 0. The number of nitrogens with zero attached hydrogens (tertiary/aromatic N) is 5. The fourth-order valence-electron chi connectivity index (χ4n) is 2.06. The molecular weight excluding hydrogens is 304 g/mol. The van der Waals surface area contributed by atoms with Crippen molar-refractivity contribution in [2.24, 2.45) is 0 Å². The van der Waals surface area contributed by atoms with Gasteiger partial charge in [-0.2, -0.15) is 21.4 Å². The Hall–Kier alpha value is -1.67. The fourth-order valence-corrected chi connectivity index (χ4v) is 3.61. The maximum Gasteiger partial charge on any atom is 0.200 e. The average molecular weight is 320 g/mol. The van der Waals surface area contributed by atoms with Gasteiger partial charge in [0.25, 0.3) is 0 Å². The summed E-state index contributed by atoms with van der Waals surface area (Å²) in [5.74, 6) is 0.988. The maximum absolute atomic E-state index is 4.61. The second kappa shape index (κ2) is 6.40. The topological polar surface area (TPSA) is 68.0 Å². The molecule has 21 heavy (non-hydrogen) atoms. The van der Waals surface area contributed by atoms with E-state index in [1.807, 2.05) is 13.0 Å². The third-order valence-electron chi connectivity index (χ3n) is 2.95. The van der Waals surface area contributed by atoms with Gasteiger partial charge in [0.2, 0.25) is 5.65 Å². The van der Waals surface area contributed by atoms with Gasteiger partial charge in [-0.15, -0.1) is 21.5 Å². The molecular formula is C13H16N6S2. The molecule has 0 aliphatic carbocycles. The van der Waals surface area contributed by atoms with Gasteiger partial charge >= 0.3 is 0 Å². The molecule has 3 aromatic rings. The van der Waals surface area contributed by atoms with Crippen LogP contribution >= 0.6 is 23.1 Å². The van der Waals surface area contributed by atoms with Gasteiger partial charge in [0.15, 0.2) is 0 Å². The van der Waals surface area contributed by atoms with Crippen LogP contribution in [0.1, 0.15) is 16.4 Å². The smallest absolute Gasteiger partial charge is 0.200 e. The van der Waals surface area contributed by atoms with Crippen LogP contribution in [0.4, 0.5) is 5.69 Å². The molecule has 0 atom stereocenters. The van der Waals surface area contributed by atoms with Crippen LogP contribution in [0.3, 0.4) is 0 Å². The van der Waals surface area contributed by atoms with E-state index in [0.29, 0.717) is 0 Å². The zero-order chi connectivity index (χ0) is 14.7. The van der Waals surface area contributed by atoms with Crippen LogP contribution in [0.5, 0.6) is 0 Å². The molecule has 0 saturated carbocycles. The van der Waals surface area contributed by atoms with E-state index < -0.39 is 0 Å². The van der Waals surface area contributed by atoms with Crippen LogP contribution in [-0.2, 0) is 12.2 Å². The Bertz CT molecular complexity index is 735. The molecule has 6 nitrogen and oxygen atoms in total. The minimum absolute atomic E-state index is 0.752. The number of thiazole rings is 1. The molecule has 0 aliphatic heterocycles. The monoisotopic (exact) mass is 320 g/mol. The summed E-state index contributed by atoms with van der Waals surface area (Å²) >= 11 is 3.53. The van der Waals surface area contributed by atoms with Crippen molar-refractivity contribution < 1.29 is 0 Å². The summed E-state index contributed by atoms with van der Waals surface area (Å²) in [6.07, 6.45) is 4.60. The third kappa shape index (κ3) is 3.33. The van der Waals surface area contributed by atoms with Crippen molar-refractivity contribution in [1.82, 2.24) is 24.8 Å². The molecule has 0 aliphatic rings. The zero-order valence-electron chi connectivity index (χ0n) is 11.9. The highest BCUT2D eigenvalue weighted by molar-refractivity contribution is 7.97. The molecule has 0 spiro atoms. The van der Waals surface area contributed by atoms with Crippen molar-refractivity contribution in [2.75, 3.05) is 18.1 Å². The molecule has 8 heteroatoms. The first-order valence-electron chi connectivity index (χ1n) is 6.60. The van der Waals surface area contributed by atoms with Gasteiger partial charge in [-0.05, 0) is 19.2 Å². The van der Waals surface area contributed by atoms with Gasteiger partial charge in [0.05, 0.1) is 17.1 Å². The molecule has 0 saturated heterocycles. The SMILES string of the molecule is CSCc1nc(CCNc2cc(C)nn3cnnc23)cs1. The van der Waals surface area contributed by atoms with E-state index in [0.717, 1.165) is 41.4 Å². The third-order valence-corrected chi connectivity index (χ3v) is 4.60. The Morgan fingerprint density at radius 2 is 2.33 bits per heavy atom. The molecule has 0 bridgehead atoms. The Labute approximate surface area is 131 Å². The number of rotatable bonds is 6. The summed E-state index contributed by atoms with van der Waals surface area (Å²) in [5, 5.41) is 19.0. The van der Waals surface area contributed by atoms with Crippen LogP contribution in [0.2, 0.25) is 0 Å². The lowest BCUT2D eigenvalue weighted by atomic mass is 10.3. The highest BCUT2D eigenvalue weighted by Gasteiger charge is 2.06. The Balaban J connectivity index is 1.64. The normalized spacial score (nSPS) is 11.1. The predicted molar refractivity (Wildman–Crippen MR) is 87.0 cm³/mol. The lowest BCUT2D eigenvalue weighted by molar-refractivity contribution is 0.889. The van der Waals surface area contributed by atoms with Crippen LogP contribution in [-0.4, -0.2) is 37.6 Å². The van der Waals surface area contributed by atoms with Crippen molar-refractivity contribution in [1.29, 1.82) is 0 Å². The van der Waals surface area contributed by atoms with E-state index >= 15 is 0 Å². The molecule has 3 aromatic heterocycles. The second-order valence-corrected chi connectivity index (χ2v) is 6.45. The van der Waals surface area contributed by atoms with E-state index in [9.17, 15) is 0 Å². The number of anilines is 1. The number of hydrogen-bond donors (Lipinski definition) is 1. The lowest BCUT2D eigenvalue weighted by Gasteiger charge is -2.07. The number of aromatic nitrogens is 5. The predicted octanol–water partition coefficient (Wildman–Crippen LogP) is 2.41. The lowest BCUT2D eigenvalue weighted by Crippen LogP contribution is -2.08. The minimum Gasteiger partial charge on any atom is -0.381 e. The summed E-state index contributed by atoms with van der Waals surface area (Å²) in [6.45, 7) is 2.77. The molecule has 0 amide bonds. The van der Waals surface area contributed by atoms with Crippen molar-refractivity contribution in [2.45, 2.75) is 19.1 Å². The van der Waals surface area contributed by atoms with E-state index in [2.05, 4.69) is 37.2 Å². The van der Waals surface area contributed by atoms with Crippen LogP contribution in [0, 0.1) is 6.92 Å². The summed E-state index contributed by atoms with van der Waals surface area (Å²) in [5.41, 5.74) is 3.78. The van der Waals surface area contributed by atoms with E-state index in [4.69, 9.17) is 0 Å². The average Bonchev–Trinajstić information content (AvgIpc) is 3.08. The minimum atomic E-state index is 0.752.